The lowest BCUT2D eigenvalue weighted by atomic mass is 9.33. The third-order valence-electron chi connectivity index (χ3n) is 17.4. The maximum absolute atomic E-state index is 13.9. The fourth-order valence-electron chi connectivity index (χ4n) is 14.0. The standard InChI is InChI=1S/C42H66O14/c1-19-10-15-41(36(49)50)16-17-42(37(51)52)22(27(41)20(19)2)8-9-25-39(6)13-12-26(38(4,5)24(39)11-14-40(25,42)7)55-34-32(48)30(46)33(21(3)53-34)56-35-31(47)29(45)28(44)23(18-43)54-35/h8,19-21,23-35,43-48H,9-18H2,1-7H3,(H,49,50)(H,51,52). The zero-order valence-electron chi connectivity index (χ0n) is 33.9. The molecule has 0 amide bonds. The summed E-state index contributed by atoms with van der Waals surface area (Å²) in [6, 6.07) is 0. The summed E-state index contributed by atoms with van der Waals surface area (Å²) >= 11 is 0. The molecule has 5 aliphatic carbocycles. The van der Waals surface area contributed by atoms with Crippen molar-refractivity contribution in [2.24, 2.45) is 56.7 Å². The Morgan fingerprint density at radius 3 is 2.05 bits per heavy atom. The number of carboxylic acid groups (broad SMARTS) is 2. The van der Waals surface area contributed by atoms with Crippen molar-refractivity contribution in [1.82, 2.24) is 0 Å². The first kappa shape index (κ1) is 42.4. The number of ether oxygens (including phenoxy) is 4. The van der Waals surface area contributed by atoms with Crippen LogP contribution < -0.4 is 0 Å². The van der Waals surface area contributed by atoms with E-state index < -0.39 is 102 Å². The summed E-state index contributed by atoms with van der Waals surface area (Å²) in [6.45, 7) is 14.1. The van der Waals surface area contributed by atoms with Gasteiger partial charge in [-0.15, -0.1) is 0 Å². The highest BCUT2D eigenvalue weighted by molar-refractivity contribution is 5.84. The number of carbonyl (C=O) groups is 2. The van der Waals surface area contributed by atoms with Crippen molar-refractivity contribution in [1.29, 1.82) is 0 Å². The molecule has 2 heterocycles. The molecule has 0 aromatic carbocycles. The number of carboxylic acids is 2. The molecule has 56 heavy (non-hydrogen) atoms. The molecule has 6 fully saturated rings. The predicted molar refractivity (Wildman–Crippen MR) is 198 cm³/mol. The molecule has 0 aromatic rings. The van der Waals surface area contributed by atoms with Gasteiger partial charge in [0, 0.05) is 0 Å². The Balaban J connectivity index is 1.11. The molecule has 2 aliphatic heterocycles. The molecule has 8 N–H and O–H groups in total. The number of fused-ring (bicyclic) bond motifs is 7. The number of hydrogen-bond acceptors (Lipinski definition) is 12. The van der Waals surface area contributed by atoms with Crippen LogP contribution in [0.2, 0.25) is 0 Å². The van der Waals surface area contributed by atoms with Crippen LogP contribution in [0.5, 0.6) is 0 Å². The first-order valence-corrected chi connectivity index (χ1v) is 20.9. The molecule has 7 rings (SSSR count). The van der Waals surface area contributed by atoms with Gasteiger partial charge in [-0.05, 0) is 111 Å². The molecule has 0 aromatic heterocycles. The quantitative estimate of drug-likeness (QED) is 0.137. The Morgan fingerprint density at radius 2 is 1.41 bits per heavy atom. The van der Waals surface area contributed by atoms with Crippen molar-refractivity contribution in [3.05, 3.63) is 11.6 Å². The van der Waals surface area contributed by atoms with Crippen molar-refractivity contribution in [3.63, 3.8) is 0 Å². The van der Waals surface area contributed by atoms with E-state index in [2.05, 4.69) is 47.6 Å². The van der Waals surface area contributed by atoms with Crippen molar-refractivity contribution in [2.75, 3.05) is 6.61 Å². The maximum Gasteiger partial charge on any atom is 0.314 e. The van der Waals surface area contributed by atoms with Crippen LogP contribution >= 0.6 is 0 Å². The van der Waals surface area contributed by atoms with Gasteiger partial charge in [0.05, 0.1) is 29.6 Å². The Kier molecular flexibility index (Phi) is 11.0. The van der Waals surface area contributed by atoms with Crippen molar-refractivity contribution < 1.29 is 69.4 Å². The molecule has 7 aliphatic rings. The molecule has 20 unspecified atom stereocenters. The van der Waals surface area contributed by atoms with E-state index in [1.807, 2.05) is 0 Å². The largest absolute Gasteiger partial charge is 0.481 e. The lowest BCUT2D eigenvalue weighted by Gasteiger charge is -2.70. The molecule has 0 spiro atoms. The van der Waals surface area contributed by atoms with Crippen molar-refractivity contribution in [2.45, 2.75) is 174 Å². The van der Waals surface area contributed by atoms with Gasteiger partial charge in [-0.3, -0.25) is 9.59 Å². The minimum atomic E-state index is -1.69. The molecular weight excluding hydrogens is 728 g/mol. The maximum atomic E-state index is 13.9. The Morgan fingerprint density at radius 1 is 0.750 bits per heavy atom. The third kappa shape index (κ3) is 5.85. The molecule has 20 atom stereocenters. The summed E-state index contributed by atoms with van der Waals surface area (Å²) in [5, 5.41) is 85.2. The van der Waals surface area contributed by atoms with E-state index in [-0.39, 0.29) is 35.2 Å². The molecule has 4 saturated carbocycles. The fraction of sp³-hybridized carbons (Fsp3) is 0.905. The molecule has 14 nitrogen and oxygen atoms in total. The average molecular weight is 795 g/mol. The first-order valence-electron chi connectivity index (χ1n) is 20.9. The number of allylic oxidation sites excluding steroid dienone is 1. The van der Waals surface area contributed by atoms with E-state index in [0.717, 1.165) is 24.8 Å². The van der Waals surface area contributed by atoms with Crippen LogP contribution in [0.4, 0.5) is 0 Å². The SMILES string of the molecule is CC1CCC2(C(=O)O)CCC3(C(=O)O)C(=CCC4C5(C)CCC(OC6OC(C)C(OC7OC(CO)C(O)C(O)C7O)C(O)C6O)C(C)(C)C5CCC43C)C2C1C. The van der Waals surface area contributed by atoms with Crippen LogP contribution in [0.3, 0.4) is 0 Å². The van der Waals surface area contributed by atoms with E-state index in [1.54, 1.807) is 6.92 Å². The van der Waals surface area contributed by atoms with Gasteiger partial charge in [0.2, 0.25) is 0 Å². The second kappa shape index (κ2) is 14.5. The second-order valence-electron chi connectivity index (χ2n) is 20.0. The van der Waals surface area contributed by atoms with Gasteiger partial charge in [0.1, 0.15) is 42.7 Å². The Bertz CT molecular complexity index is 1550. The van der Waals surface area contributed by atoms with Crippen LogP contribution in [0.1, 0.15) is 106 Å². The fourth-order valence-corrected chi connectivity index (χ4v) is 14.0. The highest BCUT2D eigenvalue weighted by Gasteiger charge is 2.73. The van der Waals surface area contributed by atoms with Crippen molar-refractivity contribution >= 4 is 11.9 Å². The molecule has 0 radical (unpaired) electrons. The van der Waals surface area contributed by atoms with E-state index in [9.17, 15) is 50.4 Å². The van der Waals surface area contributed by atoms with E-state index >= 15 is 0 Å². The molecule has 2 saturated heterocycles. The van der Waals surface area contributed by atoms with Crippen molar-refractivity contribution in [3.8, 4) is 0 Å². The van der Waals surface area contributed by atoms with E-state index in [1.165, 1.54) is 0 Å². The minimum Gasteiger partial charge on any atom is -0.481 e. The van der Waals surface area contributed by atoms with Gasteiger partial charge in [-0.25, -0.2) is 0 Å². The van der Waals surface area contributed by atoms with E-state index in [0.29, 0.717) is 44.4 Å². The predicted octanol–water partition coefficient (Wildman–Crippen LogP) is 2.83. The summed E-state index contributed by atoms with van der Waals surface area (Å²) in [5.74, 6) is -1.45. The summed E-state index contributed by atoms with van der Waals surface area (Å²) in [5.41, 5.74) is -2.55. The minimum absolute atomic E-state index is 0.0289. The van der Waals surface area contributed by atoms with Gasteiger partial charge in [-0.2, -0.15) is 0 Å². The highest BCUT2D eigenvalue weighted by Crippen LogP contribution is 2.76. The molecular formula is C42H66O14. The average Bonchev–Trinajstić information content (AvgIpc) is 3.14. The third-order valence-corrected chi connectivity index (χ3v) is 17.4. The summed E-state index contributed by atoms with van der Waals surface area (Å²) in [6.07, 6.45) is -6.76. The van der Waals surface area contributed by atoms with Gasteiger partial charge in [0.15, 0.2) is 12.6 Å². The van der Waals surface area contributed by atoms with Crippen LogP contribution in [0.15, 0.2) is 11.6 Å². The Hall–Kier alpha value is -1.72. The van der Waals surface area contributed by atoms with Gasteiger partial charge in [0.25, 0.3) is 0 Å². The molecule has 318 valence electrons. The van der Waals surface area contributed by atoms with Gasteiger partial charge >= 0.3 is 11.9 Å². The zero-order chi connectivity index (χ0) is 41.1. The van der Waals surface area contributed by atoms with Crippen LogP contribution in [-0.4, -0.2) is 127 Å². The summed E-state index contributed by atoms with van der Waals surface area (Å²) in [7, 11) is 0. The summed E-state index contributed by atoms with van der Waals surface area (Å²) in [4.78, 5) is 27.0. The number of hydrogen-bond donors (Lipinski definition) is 8. The van der Waals surface area contributed by atoms with Gasteiger partial charge < -0.3 is 59.8 Å². The zero-order valence-corrected chi connectivity index (χ0v) is 33.9. The Labute approximate surface area is 329 Å². The first-order chi connectivity index (χ1) is 26.1. The number of rotatable bonds is 7. The number of aliphatic hydroxyl groups excluding tert-OH is 6. The lowest BCUT2D eigenvalue weighted by Crippen LogP contribution is -2.68. The molecule has 14 heteroatoms. The second-order valence-corrected chi connectivity index (χ2v) is 20.0. The molecule has 0 bridgehead atoms. The van der Waals surface area contributed by atoms with Crippen LogP contribution in [0, 0.1) is 56.7 Å². The highest BCUT2D eigenvalue weighted by atomic mass is 16.7. The monoisotopic (exact) mass is 794 g/mol. The van der Waals surface area contributed by atoms with Gasteiger partial charge in [-0.1, -0.05) is 53.2 Å². The van der Waals surface area contributed by atoms with Crippen LogP contribution in [0.25, 0.3) is 0 Å². The van der Waals surface area contributed by atoms with E-state index in [4.69, 9.17) is 18.9 Å². The van der Waals surface area contributed by atoms with Crippen LogP contribution in [-0.2, 0) is 28.5 Å². The normalized spacial score (nSPS) is 54.1. The topological polar surface area (TPSA) is 233 Å². The number of aliphatic hydroxyl groups is 6. The smallest absolute Gasteiger partial charge is 0.314 e. The lowest BCUT2D eigenvalue weighted by molar-refractivity contribution is -0.364. The number of aliphatic carboxylic acids is 2. The summed E-state index contributed by atoms with van der Waals surface area (Å²) < 4.78 is 24.0.